The number of carbonyl (C=O) groups excluding carboxylic acids is 3. The fourth-order valence-corrected chi connectivity index (χ4v) is 5.28. The molecule has 0 bridgehead atoms. The van der Waals surface area contributed by atoms with Gasteiger partial charge >= 0.3 is 5.97 Å². The molecule has 1 fully saturated rings. The molecule has 10 heteroatoms. The summed E-state index contributed by atoms with van der Waals surface area (Å²) in [5.41, 5.74) is 0.984. The van der Waals surface area contributed by atoms with Gasteiger partial charge in [-0.05, 0) is 44.9 Å². The van der Waals surface area contributed by atoms with Gasteiger partial charge in [0.1, 0.15) is 16.6 Å². The molecule has 0 unspecified atom stereocenters. The van der Waals surface area contributed by atoms with Crippen LogP contribution in [0.25, 0.3) is 0 Å². The van der Waals surface area contributed by atoms with Crippen LogP contribution in [-0.2, 0) is 26.6 Å². The molecule has 166 valence electrons. The molecular weight excluding hydrogens is 422 g/mol. The van der Waals surface area contributed by atoms with Crippen molar-refractivity contribution in [3.8, 4) is 0 Å². The van der Waals surface area contributed by atoms with Crippen LogP contribution in [0.15, 0.2) is 41.4 Å². The van der Waals surface area contributed by atoms with Gasteiger partial charge in [-0.2, -0.15) is 4.31 Å². The molecule has 9 nitrogen and oxygen atoms in total. The van der Waals surface area contributed by atoms with Gasteiger partial charge in [-0.1, -0.05) is 12.1 Å². The number of amides is 1. The van der Waals surface area contributed by atoms with Crippen LogP contribution in [0.2, 0.25) is 0 Å². The van der Waals surface area contributed by atoms with Gasteiger partial charge in [0.2, 0.25) is 15.9 Å². The fraction of sp³-hybridized carbons (Fsp3) is 0.381. The summed E-state index contributed by atoms with van der Waals surface area (Å²) in [6.45, 7) is 3.46. The predicted octanol–water partition coefficient (Wildman–Crippen LogP) is 2.20. The summed E-state index contributed by atoms with van der Waals surface area (Å²) in [4.78, 5) is 36.4. The van der Waals surface area contributed by atoms with Crippen molar-refractivity contribution >= 4 is 33.4 Å². The van der Waals surface area contributed by atoms with Gasteiger partial charge in [0.25, 0.3) is 0 Å². The first-order valence-electron chi connectivity index (χ1n) is 9.92. The molecule has 0 saturated carbocycles. The van der Waals surface area contributed by atoms with Crippen LogP contribution in [0.1, 0.15) is 47.5 Å². The molecule has 1 aromatic heterocycles. The van der Waals surface area contributed by atoms with Crippen molar-refractivity contribution in [2.24, 2.45) is 7.05 Å². The zero-order chi connectivity index (χ0) is 22.8. The first-order chi connectivity index (χ1) is 14.6. The molecule has 1 N–H and O–H groups in total. The number of anilines is 1. The number of hydrogen-bond donors (Lipinski definition) is 1. The topological polar surface area (TPSA) is 115 Å². The summed E-state index contributed by atoms with van der Waals surface area (Å²) in [5.74, 6) is -1.22. The molecule has 1 atom stereocenters. The van der Waals surface area contributed by atoms with Gasteiger partial charge < -0.3 is 14.6 Å². The van der Waals surface area contributed by atoms with Crippen LogP contribution in [0.5, 0.6) is 0 Å². The molecule has 1 aliphatic rings. The van der Waals surface area contributed by atoms with E-state index < -0.39 is 27.9 Å². The maximum absolute atomic E-state index is 13.2. The Balaban J connectivity index is 1.83. The number of ketones is 1. The van der Waals surface area contributed by atoms with Gasteiger partial charge in [0, 0.05) is 31.0 Å². The van der Waals surface area contributed by atoms with E-state index in [0.29, 0.717) is 24.1 Å². The van der Waals surface area contributed by atoms with Crippen molar-refractivity contribution in [1.29, 1.82) is 0 Å². The van der Waals surface area contributed by atoms with Gasteiger partial charge in [-0.15, -0.1) is 0 Å². The number of esters is 1. The number of ether oxygens (including phenoxy) is 1. The third-order valence-corrected chi connectivity index (χ3v) is 6.99. The molecule has 0 aliphatic carbocycles. The van der Waals surface area contributed by atoms with Gasteiger partial charge in [-0.3, -0.25) is 9.59 Å². The van der Waals surface area contributed by atoms with Gasteiger partial charge in [0.15, 0.2) is 5.78 Å². The minimum absolute atomic E-state index is 0.0728. The summed E-state index contributed by atoms with van der Waals surface area (Å²) in [6.07, 6.45) is 2.24. The Labute approximate surface area is 181 Å². The third kappa shape index (κ3) is 4.70. The molecule has 2 heterocycles. The number of sulfonamides is 1. The summed E-state index contributed by atoms with van der Waals surface area (Å²) in [6, 6.07) is 6.85. The number of aryl methyl sites for hydroxylation is 1. The number of aromatic nitrogens is 1. The smallest absolute Gasteiger partial charge is 0.354 e. The van der Waals surface area contributed by atoms with E-state index in [1.807, 2.05) is 0 Å². The van der Waals surface area contributed by atoms with Crippen LogP contribution in [0.3, 0.4) is 0 Å². The van der Waals surface area contributed by atoms with E-state index in [1.165, 1.54) is 23.8 Å². The van der Waals surface area contributed by atoms with Crippen molar-refractivity contribution in [1.82, 2.24) is 8.87 Å². The van der Waals surface area contributed by atoms with Crippen molar-refractivity contribution in [2.75, 3.05) is 18.5 Å². The average molecular weight is 448 g/mol. The molecule has 2 aromatic rings. The number of nitrogens with zero attached hydrogens (tertiary/aromatic N) is 2. The fourth-order valence-electron chi connectivity index (χ4n) is 3.55. The number of benzene rings is 1. The van der Waals surface area contributed by atoms with E-state index in [1.54, 1.807) is 38.2 Å². The zero-order valence-corrected chi connectivity index (χ0v) is 18.4. The van der Waals surface area contributed by atoms with Crippen LogP contribution < -0.4 is 5.32 Å². The maximum Gasteiger partial charge on any atom is 0.354 e. The van der Waals surface area contributed by atoms with Crippen LogP contribution >= 0.6 is 0 Å². The lowest BCUT2D eigenvalue weighted by Crippen LogP contribution is -2.43. The minimum Gasteiger partial charge on any atom is -0.461 e. The molecule has 0 radical (unpaired) electrons. The van der Waals surface area contributed by atoms with E-state index in [-0.39, 0.29) is 29.5 Å². The monoisotopic (exact) mass is 447 g/mol. The second kappa shape index (κ2) is 9.03. The van der Waals surface area contributed by atoms with E-state index in [0.717, 1.165) is 4.31 Å². The Kier molecular flexibility index (Phi) is 6.61. The number of rotatable bonds is 7. The summed E-state index contributed by atoms with van der Waals surface area (Å²) >= 11 is 0. The highest BCUT2D eigenvalue weighted by Crippen LogP contribution is 2.28. The Morgan fingerprint density at radius 1 is 1.23 bits per heavy atom. The van der Waals surface area contributed by atoms with Gasteiger partial charge in [0.05, 0.1) is 6.61 Å². The van der Waals surface area contributed by atoms with Crippen molar-refractivity contribution in [3.05, 3.63) is 47.8 Å². The molecule has 1 aliphatic heterocycles. The largest absolute Gasteiger partial charge is 0.461 e. The summed E-state index contributed by atoms with van der Waals surface area (Å²) < 4.78 is 34.0. The average Bonchev–Trinajstić information content (AvgIpc) is 3.36. The normalized spacial score (nSPS) is 16.8. The lowest BCUT2D eigenvalue weighted by Gasteiger charge is -2.23. The molecular formula is C21H25N3O6S. The minimum atomic E-state index is -4.01. The van der Waals surface area contributed by atoms with E-state index in [2.05, 4.69) is 5.32 Å². The van der Waals surface area contributed by atoms with Gasteiger partial charge in [-0.25, -0.2) is 13.2 Å². The Morgan fingerprint density at radius 3 is 2.65 bits per heavy atom. The molecule has 31 heavy (non-hydrogen) atoms. The lowest BCUT2D eigenvalue weighted by atomic mass is 10.1. The highest BCUT2D eigenvalue weighted by Gasteiger charge is 2.40. The molecule has 1 amide bonds. The summed E-state index contributed by atoms with van der Waals surface area (Å²) in [7, 11) is -2.45. The molecule has 1 saturated heterocycles. The first kappa shape index (κ1) is 22.7. The Morgan fingerprint density at radius 2 is 1.97 bits per heavy atom. The second-order valence-electron chi connectivity index (χ2n) is 7.29. The van der Waals surface area contributed by atoms with Crippen LogP contribution in [0, 0.1) is 0 Å². The summed E-state index contributed by atoms with van der Waals surface area (Å²) in [5, 5.41) is 2.71. The number of nitrogens with one attached hydrogen (secondary N) is 1. The third-order valence-electron chi connectivity index (χ3n) is 5.11. The van der Waals surface area contributed by atoms with Crippen LogP contribution in [-0.4, -0.2) is 54.1 Å². The Hall–Kier alpha value is -2.98. The van der Waals surface area contributed by atoms with E-state index in [4.69, 9.17) is 4.74 Å². The Bertz CT molecular complexity index is 1120. The van der Waals surface area contributed by atoms with Crippen molar-refractivity contribution < 1.29 is 27.5 Å². The number of carbonyl (C=O) groups is 3. The molecule has 0 spiro atoms. The molecule has 1 aromatic carbocycles. The number of hydrogen-bond acceptors (Lipinski definition) is 6. The van der Waals surface area contributed by atoms with Crippen molar-refractivity contribution in [3.63, 3.8) is 0 Å². The van der Waals surface area contributed by atoms with E-state index in [9.17, 15) is 22.8 Å². The predicted molar refractivity (Wildman–Crippen MR) is 113 cm³/mol. The van der Waals surface area contributed by atoms with E-state index >= 15 is 0 Å². The molecule has 3 rings (SSSR count). The standard InChI is InChI=1S/C21H25N3O6S/c1-4-30-21(27)19-12-17(13-23(19)3)31(28,29)24-10-6-9-18(24)20(26)22-16-8-5-7-15(11-16)14(2)25/h5,7-8,11-13,18H,4,6,9-10H2,1-3H3,(H,22,26)/t18-/m1/s1. The maximum atomic E-state index is 13.2. The SMILES string of the molecule is CCOC(=O)c1cc(S(=O)(=O)N2CCC[C@@H]2C(=O)Nc2cccc(C(C)=O)c2)cn1C. The number of Topliss-reactive ketones (excluding diaryl/α,β-unsaturated/α-hetero) is 1. The lowest BCUT2D eigenvalue weighted by molar-refractivity contribution is -0.119. The second-order valence-corrected chi connectivity index (χ2v) is 9.18. The highest BCUT2D eigenvalue weighted by atomic mass is 32.2. The van der Waals surface area contributed by atoms with Crippen LogP contribution in [0.4, 0.5) is 5.69 Å². The van der Waals surface area contributed by atoms with Crippen molar-refractivity contribution in [2.45, 2.75) is 37.6 Å². The zero-order valence-electron chi connectivity index (χ0n) is 17.6. The quantitative estimate of drug-likeness (QED) is 0.514. The highest BCUT2D eigenvalue weighted by molar-refractivity contribution is 7.89. The first-order valence-corrected chi connectivity index (χ1v) is 11.4.